The Labute approximate surface area is 211 Å². The van der Waals surface area contributed by atoms with Crippen LogP contribution in [0.1, 0.15) is 137 Å². The van der Waals surface area contributed by atoms with E-state index in [9.17, 15) is 14.7 Å². The molecule has 0 unspecified atom stereocenters. The van der Waals surface area contributed by atoms with Crippen LogP contribution in [-0.4, -0.2) is 28.6 Å². The van der Waals surface area contributed by atoms with Crippen LogP contribution in [0.5, 0.6) is 0 Å². The molecule has 1 aromatic carbocycles. The zero-order valence-electron chi connectivity index (χ0n) is 22.5. The van der Waals surface area contributed by atoms with Gasteiger partial charge in [-0.3, -0.25) is 4.79 Å². The van der Waals surface area contributed by atoms with Gasteiger partial charge in [0.1, 0.15) is 0 Å². The molecule has 0 aromatic heterocycles. The molecule has 5 heteroatoms. The molecule has 0 aliphatic heterocycles. The fourth-order valence-electron chi connectivity index (χ4n) is 6.86. The first-order chi connectivity index (χ1) is 16.5. The van der Waals surface area contributed by atoms with Crippen molar-refractivity contribution in [2.45, 2.75) is 135 Å². The van der Waals surface area contributed by atoms with Gasteiger partial charge in [-0.05, 0) is 119 Å². The molecule has 1 atom stereocenters. The minimum absolute atomic E-state index is 0.0210. The lowest BCUT2D eigenvalue weighted by atomic mass is 9.65. The summed E-state index contributed by atoms with van der Waals surface area (Å²) in [5.74, 6) is -0.239. The van der Waals surface area contributed by atoms with Crippen molar-refractivity contribution in [1.82, 2.24) is 5.32 Å². The summed E-state index contributed by atoms with van der Waals surface area (Å²) in [6.07, 6.45) is 12.2. The van der Waals surface area contributed by atoms with Crippen LogP contribution in [-0.2, 0) is 21.4 Å². The maximum absolute atomic E-state index is 13.6. The Morgan fingerprint density at radius 3 is 2.26 bits per heavy atom. The Kier molecular flexibility index (Phi) is 7.66. The Morgan fingerprint density at radius 2 is 1.69 bits per heavy atom. The number of hydrogen-bond donors (Lipinski definition) is 2. The van der Waals surface area contributed by atoms with Crippen molar-refractivity contribution in [3.8, 4) is 0 Å². The summed E-state index contributed by atoms with van der Waals surface area (Å²) >= 11 is 0. The number of fused-ring (bicyclic) bond motifs is 2. The number of nitrogens with one attached hydrogen (secondary N) is 1. The molecule has 0 saturated heterocycles. The summed E-state index contributed by atoms with van der Waals surface area (Å²) in [4.78, 5) is 26.2. The van der Waals surface area contributed by atoms with Gasteiger partial charge in [-0.1, -0.05) is 32.6 Å². The number of aryl methyl sites for hydroxylation is 1. The number of carboxylic acids is 1. The Balaban J connectivity index is 1.80. The lowest BCUT2D eigenvalue weighted by Crippen LogP contribution is -2.36. The normalized spacial score (nSPS) is 26.3. The highest BCUT2D eigenvalue weighted by atomic mass is 16.5. The summed E-state index contributed by atoms with van der Waals surface area (Å²) in [5, 5.41) is 13.6. The Morgan fingerprint density at radius 1 is 1.06 bits per heavy atom. The molecule has 2 N–H and O–H groups in total. The molecular weight excluding hydrogens is 438 g/mol. The number of carbonyl (C=O) groups excluding carboxylic acids is 1. The first kappa shape index (κ1) is 26.2. The van der Waals surface area contributed by atoms with Crippen molar-refractivity contribution in [2.24, 2.45) is 5.92 Å². The molecule has 1 spiro atoms. The fourth-order valence-corrected chi connectivity index (χ4v) is 6.86. The van der Waals surface area contributed by atoms with E-state index in [0.717, 1.165) is 79.2 Å². The number of carboxylic acid groups (broad SMARTS) is 1. The van der Waals surface area contributed by atoms with E-state index in [2.05, 4.69) is 12.2 Å². The van der Waals surface area contributed by atoms with Crippen LogP contribution in [0.3, 0.4) is 0 Å². The molecule has 5 nitrogen and oxygen atoms in total. The maximum atomic E-state index is 13.6. The summed E-state index contributed by atoms with van der Waals surface area (Å²) < 4.78 is 6.18. The van der Waals surface area contributed by atoms with E-state index in [1.165, 1.54) is 25.7 Å². The van der Waals surface area contributed by atoms with E-state index in [1.807, 2.05) is 33.8 Å². The number of rotatable bonds is 5. The van der Waals surface area contributed by atoms with Crippen LogP contribution in [0.2, 0.25) is 0 Å². The number of amides is 1. The molecule has 0 radical (unpaired) electrons. The molecule has 0 bridgehead atoms. The Hall–Kier alpha value is -1.88. The van der Waals surface area contributed by atoms with Crippen LogP contribution in [0, 0.1) is 12.8 Å². The van der Waals surface area contributed by atoms with E-state index in [1.54, 1.807) is 0 Å². The second-order valence-corrected chi connectivity index (χ2v) is 12.6. The lowest BCUT2D eigenvalue weighted by molar-refractivity contribution is -0.160. The van der Waals surface area contributed by atoms with Crippen molar-refractivity contribution in [3.05, 3.63) is 33.9 Å². The highest BCUT2D eigenvalue weighted by Crippen LogP contribution is 2.54. The number of aliphatic carboxylic acids is 1. The van der Waals surface area contributed by atoms with Crippen LogP contribution < -0.4 is 5.32 Å². The van der Waals surface area contributed by atoms with E-state index >= 15 is 0 Å². The van der Waals surface area contributed by atoms with Gasteiger partial charge in [-0.15, -0.1) is 0 Å². The van der Waals surface area contributed by atoms with E-state index in [0.29, 0.717) is 5.92 Å². The number of carbonyl (C=O) groups is 2. The van der Waals surface area contributed by atoms with Gasteiger partial charge < -0.3 is 15.2 Å². The molecule has 0 heterocycles. The third-order valence-corrected chi connectivity index (χ3v) is 8.69. The third kappa shape index (κ3) is 5.60. The molecule has 2 fully saturated rings. The van der Waals surface area contributed by atoms with Crippen molar-refractivity contribution in [3.63, 3.8) is 0 Å². The van der Waals surface area contributed by atoms with Crippen LogP contribution in [0.4, 0.5) is 0 Å². The molecule has 3 aliphatic rings. The minimum atomic E-state index is -1.03. The predicted molar refractivity (Wildman–Crippen MR) is 139 cm³/mol. The third-order valence-electron chi connectivity index (χ3n) is 8.69. The zero-order valence-corrected chi connectivity index (χ0v) is 22.5. The SMILES string of the molecule is Cc1cc(C(=O)NC2CCCCCC2)c2c(c1[C@H](OC(C)(C)C)C(=O)O)C1(CC2)CCC(C)CC1. The average Bonchev–Trinajstić information content (AvgIpc) is 2.94. The molecule has 4 rings (SSSR count). The summed E-state index contributed by atoms with van der Waals surface area (Å²) in [7, 11) is 0. The molecular formula is C30H45NO4. The average molecular weight is 484 g/mol. The van der Waals surface area contributed by atoms with Gasteiger partial charge in [0.05, 0.1) is 5.60 Å². The molecule has 2 saturated carbocycles. The first-order valence-electron chi connectivity index (χ1n) is 13.9. The van der Waals surface area contributed by atoms with E-state index in [-0.39, 0.29) is 17.4 Å². The van der Waals surface area contributed by atoms with Crippen molar-refractivity contribution in [2.75, 3.05) is 0 Å². The monoisotopic (exact) mass is 483 g/mol. The number of ether oxygens (including phenoxy) is 1. The number of benzene rings is 1. The molecule has 1 amide bonds. The minimum Gasteiger partial charge on any atom is -0.479 e. The summed E-state index contributed by atoms with van der Waals surface area (Å²) in [6.45, 7) is 10.0. The fraction of sp³-hybridized carbons (Fsp3) is 0.733. The molecule has 1 aromatic rings. The van der Waals surface area contributed by atoms with Crippen molar-refractivity contribution >= 4 is 11.9 Å². The molecule has 194 valence electrons. The Bertz CT molecular complexity index is 944. The maximum Gasteiger partial charge on any atom is 0.337 e. The first-order valence-corrected chi connectivity index (χ1v) is 13.9. The second-order valence-electron chi connectivity index (χ2n) is 12.6. The number of hydrogen-bond acceptors (Lipinski definition) is 3. The van der Waals surface area contributed by atoms with Gasteiger partial charge >= 0.3 is 5.97 Å². The van der Waals surface area contributed by atoms with Crippen molar-refractivity contribution < 1.29 is 19.4 Å². The predicted octanol–water partition coefficient (Wildman–Crippen LogP) is 6.78. The van der Waals surface area contributed by atoms with Crippen LogP contribution in [0.15, 0.2) is 6.07 Å². The second kappa shape index (κ2) is 10.2. The molecule has 35 heavy (non-hydrogen) atoms. The largest absolute Gasteiger partial charge is 0.479 e. The van der Waals surface area contributed by atoms with E-state index < -0.39 is 17.7 Å². The summed E-state index contributed by atoms with van der Waals surface area (Å²) in [6, 6.07) is 2.19. The highest BCUT2D eigenvalue weighted by Gasteiger charge is 2.46. The molecule has 3 aliphatic carbocycles. The van der Waals surface area contributed by atoms with Gasteiger partial charge in [0.15, 0.2) is 6.10 Å². The topological polar surface area (TPSA) is 75.6 Å². The van der Waals surface area contributed by atoms with Gasteiger partial charge in [-0.25, -0.2) is 4.79 Å². The van der Waals surface area contributed by atoms with E-state index in [4.69, 9.17) is 4.74 Å². The van der Waals surface area contributed by atoms with Crippen LogP contribution >= 0.6 is 0 Å². The quantitative estimate of drug-likeness (QED) is 0.453. The standard InChI is InChI=1S/C30H45NO4/c1-19-12-15-30(16-13-19)17-14-22-23(27(32)31-21-10-8-6-7-9-11-21)18-20(2)24(25(22)30)26(28(33)34)35-29(3,4)5/h18-19,21,26H,6-17H2,1-5H3,(H,31,32)(H,33,34)/t19?,26-,30?/m0/s1. The van der Waals surface area contributed by atoms with Gasteiger partial charge in [0, 0.05) is 11.6 Å². The zero-order chi connectivity index (χ0) is 25.4. The van der Waals surface area contributed by atoms with Crippen LogP contribution in [0.25, 0.3) is 0 Å². The van der Waals surface area contributed by atoms with Gasteiger partial charge in [0.25, 0.3) is 5.91 Å². The lowest BCUT2D eigenvalue weighted by Gasteiger charge is -2.40. The van der Waals surface area contributed by atoms with Crippen molar-refractivity contribution in [1.29, 1.82) is 0 Å². The highest BCUT2D eigenvalue weighted by molar-refractivity contribution is 5.97. The smallest absolute Gasteiger partial charge is 0.337 e. The summed E-state index contributed by atoms with van der Waals surface area (Å²) in [5.41, 5.74) is 4.01. The van der Waals surface area contributed by atoms with Gasteiger partial charge in [0.2, 0.25) is 0 Å². The van der Waals surface area contributed by atoms with Gasteiger partial charge in [-0.2, -0.15) is 0 Å².